The maximum atomic E-state index is 10.0. The van der Waals surface area contributed by atoms with E-state index >= 15 is 0 Å². The summed E-state index contributed by atoms with van der Waals surface area (Å²) >= 11 is 0. The number of esters is 1. The summed E-state index contributed by atoms with van der Waals surface area (Å²) in [4.78, 5) is 29.9. The van der Waals surface area contributed by atoms with Crippen LogP contribution in [0.1, 0.15) is 51.4 Å². The number of carbonyl (C=O) groups excluding carboxylic acids is 3. The van der Waals surface area contributed by atoms with Crippen LogP contribution in [0.25, 0.3) is 0 Å². The van der Waals surface area contributed by atoms with Gasteiger partial charge in [0.15, 0.2) is 0 Å². The van der Waals surface area contributed by atoms with E-state index in [9.17, 15) is 24.6 Å². The predicted molar refractivity (Wildman–Crippen MR) is 69.2 cm³/mol. The number of rotatable bonds is 10. The van der Waals surface area contributed by atoms with Gasteiger partial charge in [0.25, 0.3) is 0 Å². The van der Waals surface area contributed by atoms with Gasteiger partial charge in [0, 0.05) is 18.0 Å². The molecule has 0 aliphatic rings. The molecule has 0 spiro atoms. The van der Waals surface area contributed by atoms with Gasteiger partial charge in [0.1, 0.15) is 0 Å². The molecule has 116 valence electrons. The summed E-state index contributed by atoms with van der Waals surface area (Å²) in [5, 5.41) is 20.1. The molecule has 0 saturated heterocycles. The number of carboxylic acids is 2. The molecule has 0 aromatic heterocycles. The molecular formula is C14H22K2O6. The number of hydrogen-bond acceptors (Lipinski definition) is 6. The summed E-state index contributed by atoms with van der Waals surface area (Å²) in [6, 6.07) is 0. The molecule has 0 atom stereocenters. The van der Waals surface area contributed by atoms with Crippen molar-refractivity contribution in [1.29, 1.82) is 0 Å². The van der Waals surface area contributed by atoms with Crippen molar-refractivity contribution in [1.82, 2.24) is 0 Å². The summed E-state index contributed by atoms with van der Waals surface area (Å²) in [6.07, 6.45) is 6.34. The third-order valence-electron chi connectivity index (χ3n) is 2.38. The molecule has 0 radical (unpaired) electrons. The van der Waals surface area contributed by atoms with Crippen LogP contribution in [0.2, 0.25) is 0 Å². The van der Waals surface area contributed by atoms with Crippen LogP contribution in [0.5, 0.6) is 0 Å². The minimum absolute atomic E-state index is 0. The smallest absolute Gasteiger partial charge is 0.550 e. The van der Waals surface area contributed by atoms with Gasteiger partial charge in [-0.1, -0.05) is 32.3 Å². The van der Waals surface area contributed by atoms with E-state index in [0.717, 1.165) is 31.8 Å². The van der Waals surface area contributed by atoms with Crippen LogP contribution in [-0.4, -0.2) is 25.0 Å². The summed E-state index contributed by atoms with van der Waals surface area (Å²) < 4.78 is 4.14. The monoisotopic (exact) mass is 364 g/mol. The van der Waals surface area contributed by atoms with Crippen molar-refractivity contribution >= 4 is 17.9 Å². The van der Waals surface area contributed by atoms with Crippen LogP contribution in [0, 0.1) is 0 Å². The van der Waals surface area contributed by atoms with Gasteiger partial charge < -0.3 is 24.5 Å². The molecule has 0 aliphatic heterocycles. The molecule has 6 nitrogen and oxygen atoms in total. The molecule has 0 N–H and O–H groups in total. The normalized spacial score (nSPS) is 8.23. The second-order valence-electron chi connectivity index (χ2n) is 4.09. The van der Waals surface area contributed by atoms with Crippen molar-refractivity contribution in [3.05, 3.63) is 12.7 Å². The number of unbranched alkanes of at least 4 members (excludes halogenated alkanes) is 5. The van der Waals surface area contributed by atoms with Crippen LogP contribution >= 0.6 is 0 Å². The van der Waals surface area contributed by atoms with E-state index in [1.54, 1.807) is 0 Å². The van der Waals surface area contributed by atoms with Gasteiger partial charge >= 0.3 is 109 Å². The van der Waals surface area contributed by atoms with Crippen LogP contribution in [-0.2, 0) is 19.1 Å². The molecule has 0 aromatic carbocycles. The quantitative estimate of drug-likeness (QED) is 0.165. The average molecular weight is 365 g/mol. The Morgan fingerprint density at radius 2 is 1.18 bits per heavy atom. The van der Waals surface area contributed by atoms with E-state index in [-0.39, 0.29) is 116 Å². The van der Waals surface area contributed by atoms with E-state index in [4.69, 9.17) is 0 Å². The van der Waals surface area contributed by atoms with Crippen molar-refractivity contribution in [3.63, 3.8) is 0 Å². The summed E-state index contributed by atoms with van der Waals surface area (Å²) in [5.74, 6) is -2.39. The molecule has 0 bridgehead atoms. The van der Waals surface area contributed by atoms with Crippen molar-refractivity contribution in [2.75, 3.05) is 7.11 Å². The molecule has 0 aromatic rings. The van der Waals surface area contributed by atoms with E-state index in [1.807, 2.05) is 0 Å². The Bertz CT molecular complexity index is 288. The van der Waals surface area contributed by atoms with Crippen molar-refractivity contribution in [2.24, 2.45) is 0 Å². The Hall–Kier alpha value is 1.42. The second-order valence-corrected chi connectivity index (χ2v) is 4.09. The molecular weight excluding hydrogens is 342 g/mol. The fourth-order valence-electron chi connectivity index (χ4n) is 1.33. The first kappa shape index (κ1) is 31.2. The zero-order chi connectivity index (χ0) is 15.8. The van der Waals surface area contributed by atoms with Crippen LogP contribution in [0.4, 0.5) is 0 Å². The molecule has 0 fully saturated rings. The van der Waals surface area contributed by atoms with Gasteiger partial charge in [-0.3, -0.25) is 0 Å². The number of hydrogen-bond donors (Lipinski definition) is 0. The summed E-state index contributed by atoms with van der Waals surface area (Å²) in [7, 11) is 1.31. The van der Waals surface area contributed by atoms with Gasteiger partial charge in [-0.25, -0.2) is 4.79 Å². The molecule has 0 unspecified atom stereocenters. The van der Waals surface area contributed by atoms with Gasteiger partial charge in [0.05, 0.1) is 7.11 Å². The maximum Gasteiger partial charge on any atom is 1.00 e. The fraction of sp³-hybridized carbons (Fsp3) is 0.643. The minimum Gasteiger partial charge on any atom is -0.550 e. The summed E-state index contributed by atoms with van der Waals surface area (Å²) in [5.41, 5.74) is 0. The molecule has 8 heteroatoms. The van der Waals surface area contributed by atoms with E-state index in [1.165, 1.54) is 7.11 Å². The Labute approximate surface area is 217 Å². The van der Waals surface area contributed by atoms with Crippen molar-refractivity contribution < 1.29 is 132 Å². The first-order chi connectivity index (χ1) is 9.43. The first-order valence-electron chi connectivity index (χ1n) is 6.54. The van der Waals surface area contributed by atoms with Crippen LogP contribution in [0.15, 0.2) is 12.7 Å². The number of carbonyl (C=O) groups is 3. The van der Waals surface area contributed by atoms with Crippen molar-refractivity contribution in [2.45, 2.75) is 51.4 Å². The molecule has 0 saturated carbocycles. The fourth-order valence-corrected chi connectivity index (χ4v) is 1.33. The van der Waals surface area contributed by atoms with Gasteiger partial charge in [0.2, 0.25) is 0 Å². The minimum atomic E-state index is -0.998. The van der Waals surface area contributed by atoms with Gasteiger partial charge in [-0.15, -0.1) is 0 Å². The average Bonchev–Trinajstić information content (AvgIpc) is 2.40. The van der Waals surface area contributed by atoms with Crippen LogP contribution < -0.4 is 113 Å². The SMILES string of the molecule is C=CC(=O)OC.O=C([O-])CCCCCCCCC(=O)[O-].[K+].[K+]. The van der Waals surface area contributed by atoms with Crippen molar-refractivity contribution in [3.8, 4) is 0 Å². The number of carboxylic acid groups (broad SMARTS) is 2. The molecule has 0 heterocycles. The number of methoxy groups -OCH3 is 1. The maximum absolute atomic E-state index is 10.0. The molecule has 0 rings (SSSR count). The topological polar surface area (TPSA) is 107 Å². The molecule has 22 heavy (non-hydrogen) atoms. The van der Waals surface area contributed by atoms with E-state index in [0.29, 0.717) is 12.8 Å². The van der Waals surface area contributed by atoms with E-state index in [2.05, 4.69) is 11.3 Å². The Morgan fingerprint density at radius 3 is 1.36 bits per heavy atom. The van der Waals surface area contributed by atoms with Crippen LogP contribution in [0.3, 0.4) is 0 Å². The third kappa shape index (κ3) is 33.1. The van der Waals surface area contributed by atoms with Gasteiger partial charge in [-0.2, -0.15) is 0 Å². The number of ether oxygens (including phenoxy) is 1. The first-order valence-corrected chi connectivity index (χ1v) is 6.54. The standard InChI is InChI=1S/C10H18O4.C4H6O2.2K/c11-9(12)7-5-3-1-2-4-6-8-10(13)14;1-3-4(5)6-2;;/h1-8H2,(H,11,12)(H,13,14);3H,1H2,2H3;;/q;;2*+1/p-2. The number of aliphatic carboxylic acids is 2. The Balaban J connectivity index is -0.000000174. The second kappa shape index (κ2) is 24.7. The third-order valence-corrected chi connectivity index (χ3v) is 2.38. The zero-order valence-corrected chi connectivity index (χ0v) is 20.1. The summed E-state index contributed by atoms with van der Waals surface area (Å²) in [6.45, 7) is 3.16. The Morgan fingerprint density at radius 1 is 0.864 bits per heavy atom. The molecule has 0 amide bonds. The zero-order valence-electron chi connectivity index (χ0n) is 13.9. The van der Waals surface area contributed by atoms with E-state index < -0.39 is 17.9 Å². The Kier molecular flexibility index (Phi) is 35.0. The molecule has 0 aliphatic carbocycles. The predicted octanol–water partition coefficient (Wildman–Crippen LogP) is -6.04. The van der Waals surface area contributed by atoms with Gasteiger partial charge in [-0.05, 0) is 25.7 Å². The largest absolute Gasteiger partial charge is 1.00 e.